The van der Waals surface area contributed by atoms with Crippen molar-refractivity contribution in [2.75, 3.05) is 6.54 Å². The number of carbonyl (C=O) groups is 1. The summed E-state index contributed by atoms with van der Waals surface area (Å²) in [5.41, 5.74) is 2.05. The summed E-state index contributed by atoms with van der Waals surface area (Å²) in [4.78, 5) is 26.3. The van der Waals surface area contributed by atoms with Crippen molar-refractivity contribution in [3.63, 3.8) is 0 Å². The van der Waals surface area contributed by atoms with Gasteiger partial charge in [-0.3, -0.25) is 14.7 Å². The summed E-state index contributed by atoms with van der Waals surface area (Å²) in [7, 11) is 0. The van der Waals surface area contributed by atoms with Gasteiger partial charge in [0.05, 0.1) is 17.8 Å². The van der Waals surface area contributed by atoms with Gasteiger partial charge in [-0.05, 0) is 18.6 Å². The molecule has 0 atom stereocenters. The van der Waals surface area contributed by atoms with Crippen LogP contribution in [0.3, 0.4) is 0 Å². The van der Waals surface area contributed by atoms with Crippen molar-refractivity contribution in [2.45, 2.75) is 17.9 Å². The van der Waals surface area contributed by atoms with E-state index in [1.165, 1.54) is 0 Å². The summed E-state index contributed by atoms with van der Waals surface area (Å²) < 4.78 is 0. The summed E-state index contributed by atoms with van der Waals surface area (Å²) in [5, 5.41) is 5.38. The second-order valence-electron chi connectivity index (χ2n) is 4.53. The van der Waals surface area contributed by atoms with Crippen molar-refractivity contribution in [3.8, 4) is 0 Å². The van der Waals surface area contributed by atoms with E-state index in [-0.39, 0.29) is 11.5 Å². The number of thiol groups is 1. The number of fused-ring (bicyclic) bond motifs is 1. The number of rotatable bonds is 1. The second kappa shape index (κ2) is 4.62. The van der Waals surface area contributed by atoms with Crippen LogP contribution in [0.4, 0.5) is 0 Å². The van der Waals surface area contributed by atoms with Gasteiger partial charge in [-0.15, -0.1) is 12.6 Å². The number of hydrogen-bond donors (Lipinski definition) is 3. The summed E-state index contributed by atoms with van der Waals surface area (Å²) in [5.74, 6) is -0.0571. The van der Waals surface area contributed by atoms with Gasteiger partial charge in [0.2, 0.25) is 0 Å². The number of aromatic nitrogens is 2. The third kappa shape index (κ3) is 2.08. The monoisotopic (exact) mass is 275 g/mol. The van der Waals surface area contributed by atoms with Crippen LogP contribution in [0, 0.1) is 0 Å². The molecule has 2 aromatic rings. The highest BCUT2D eigenvalue weighted by molar-refractivity contribution is 7.80. The molecule has 0 saturated carbocycles. The first-order valence-electron chi connectivity index (χ1n) is 6.02. The molecule has 0 saturated heterocycles. The van der Waals surface area contributed by atoms with Gasteiger partial charge in [0.15, 0.2) is 0 Å². The Morgan fingerprint density at radius 2 is 2.05 bits per heavy atom. The van der Waals surface area contributed by atoms with Crippen LogP contribution in [0.5, 0.6) is 0 Å². The summed E-state index contributed by atoms with van der Waals surface area (Å²) in [6.07, 6.45) is 0.578. The van der Waals surface area contributed by atoms with Gasteiger partial charge >= 0.3 is 0 Å². The fourth-order valence-electron chi connectivity index (χ4n) is 2.33. The molecule has 1 aromatic carbocycles. The van der Waals surface area contributed by atoms with Crippen LogP contribution >= 0.6 is 12.6 Å². The molecule has 0 unspecified atom stereocenters. The third-order valence-electron chi connectivity index (χ3n) is 3.37. The average molecular weight is 275 g/mol. The number of aromatic amines is 2. The van der Waals surface area contributed by atoms with Crippen molar-refractivity contribution in [1.82, 2.24) is 15.1 Å². The fraction of sp³-hybridized carbons (Fsp3) is 0.231. The Labute approximate surface area is 115 Å². The topological polar surface area (TPSA) is 69.0 Å². The molecule has 2 N–H and O–H groups in total. The number of nitrogens with one attached hydrogen (secondary N) is 2. The van der Waals surface area contributed by atoms with E-state index in [9.17, 15) is 9.59 Å². The lowest BCUT2D eigenvalue weighted by Gasteiger charge is -2.26. The van der Waals surface area contributed by atoms with Crippen LogP contribution in [-0.4, -0.2) is 27.5 Å². The molecular weight excluding hydrogens is 262 g/mol. The molecule has 0 bridgehead atoms. The Kier molecular flexibility index (Phi) is 2.94. The van der Waals surface area contributed by atoms with Crippen LogP contribution in [0.15, 0.2) is 34.0 Å². The molecule has 6 heteroatoms. The van der Waals surface area contributed by atoms with E-state index >= 15 is 0 Å². The Balaban J connectivity index is 1.88. The smallest absolute Gasteiger partial charge is 0.267 e. The Morgan fingerprint density at radius 3 is 2.84 bits per heavy atom. The predicted octanol–water partition coefficient (Wildman–Crippen LogP) is 1.19. The van der Waals surface area contributed by atoms with Gasteiger partial charge in [-0.2, -0.15) is 0 Å². The van der Waals surface area contributed by atoms with Crippen molar-refractivity contribution in [2.24, 2.45) is 0 Å². The highest BCUT2D eigenvalue weighted by Gasteiger charge is 2.25. The molecule has 1 amide bonds. The first kappa shape index (κ1) is 12.1. The lowest BCUT2D eigenvalue weighted by molar-refractivity contribution is 0.0729. The van der Waals surface area contributed by atoms with Gasteiger partial charge in [0, 0.05) is 17.0 Å². The average Bonchev–Trinajstić information content (AvgIpc) is 2.80. The zero-order chi connectivity index (χ0) is 13.4. The first-order chi connectivity index (χ1) is 9.16. The van der Waals surface area contributed by atoms with E-state index in [4.69, 9.17) is 0 Å². The van der Waals surface area contributed by atoms with Gasteiger partial charge in [0.25, 0.3) is 11.5 Å². The summed E-state index contributed by atoms with van der Waals surface area (Å²) in [6, 6.07) is 7.22. The Hall–Kier alpha value is -1.95. The molecule has 1 aromatic heterocycles. The van der Waals surface area contributed by atoms with Crippen LogP contribution in [0.25, 0.3) is 0 Å². The molecule has 1 aliphatic rings. The molecule has 0 radical (unpaired) electrons. The number of nitrogens with zero attached hydrogens (tertiary/aromatic N) is 1. The maximum atomic E-state index is 12.4. The van der Waals surface area contributed by atoms with Gasteiger partial charge in [-0.1, -0.05) is 12.1 Å². The predicted molar refractivity (Wildman–Crippen MR) is 73.6 cm³/mol. The Bertz CT molecular complexity index is 689. The van der Waals surface area contributed by atoms with Crippen molar-refractivity contribution < 1.29 is 4.79 Å². The van der Waals surface area contributed by atoms with Gasteiger partial charge < -0.3 is 10.00 Å². The molecule has 0 fully saturated rings. The molecule has 19 heavy (non-hydrogen) atoms. The lowest BCUT2D eigenvalue weighted by Crippen LogP contribution is -2.37. The zero-order valence-corrected chi connectivity index (χ0v) is 11.0. The van der Waals surface area contributed by atoms with Crippen LogP contribution in [0.2, 0.25) is 0 Å². The van der Waals surface area contributed by atoms with Crippen molar-refractivity contribution >= 4 is 18.5 Å². The third-order valence-corrected chi connectivity index (χ3v) is 3.76. The minimum Gasteiger partial charge on any atom is -0.332 e. The quantitative estimate of drug-likeness (QED) is 0.684. The highest BCUT2D eigenvalue weighted by Crippen LogP contribution is 2.19. The van der Waals surface area contributed by atoms with Gasteiger partial charge in [-0.25, -0.2) is 0 Å². The molecule has 3 rings (SSSR count). The maximum Gasteiger partial charge on any atom is 0.267 e. The molecule has 2 heterocycles. The number of amides is 1. The Morgan fingerprint density at radius 1 is 1.26 bits per heavy atom. The minimum atomic E-state index is -0.0864. The maximum absolute atomic E-state index is 12.4. The molecule has 1 aliphatic heterocycles. The van der Waals surface area contributed by atoms with Crippen LogP contribution in [0.1, 0.15) is 21.6 Å². The normalized spacial score (nSPS) is 14.3. The van der Waals surface area contributed by atoms with Gasteiger partial charge in [0.1, 0.15) is 0 Å². The van der Waals surface area contributed by atoms with E-state index in [0.717, 1.165) is 11.3 Å². The van der Waals surface area contributed by atoms with Crippen molar-refractivity contribution in [3.05, 3.63) is 51.4 Å². The second-order valence-corrected chi connectivity index (χ2v) is 5.01. The van der Waals surface area contributed by atoms with Crippen molar-refractivity contribution in [1.29, 1.82) is 0 Å². The molecule has 0 aliphatic carbocycles. The largest absolute Gasteiger partial charge is 0.332 e. The lowest BCUT2D eigenvalue weighted by atomic mass is 10.1. The van der Waals surface area contributed by atoms with E-state index in [1.807, 2.05) is 12.1 Å². The van der Waals surface area contributed by atoms with E-state index < -0.39 is 0 Å². The van der Waals surface area contributed by atoms with E-state index in [0.29, 0.717) is 30.0 Å². The zero-order valence-electron chi connectivity index (χ0n) is 10.1. The SMILES string of the molecule is O=C(c1ccccc1S)N1CCc2c([nH][nH]c2=O)C1. The van der Waals surface area contributed by atoms with Crippen LogP contribution in [-0.2, 0) is 13.0 Å². The molecule has 98 valence electrons. The number of H-pyrrole nitrogens is 2. The minimum absolute atomic E-state index is 0.0571. The standard InChI is InChI=1S/C13H13N3O2S/c17-12-8-5-6-16(7-10(8)14-15-12)13(18)9-3-1-2-4-11(9)19/h1-4,19H,5-7H2,(H2,14,15,17). The molecule has 0 spiro atoms. The van der Waals surface area contributed by atoms with E-state index in [1.54, 1.807) is 17.0 Å². The number of hydrogen-bond acceptors (Lipinski definition) is 3. The van der Waals surface area contributed by atoms with Crippen LogP contribution < -0.4 is 5.56 Å². The number of benzene rings is 1. The molecule has 5 nitrogen and oxygen atoms in total. The van der Waals surface area contributed by atoms with E-state index in [2.05, 4.69) is 22.8 Å². The summed E-state index contributed by atoms with van der Waals surface area (Å²) in [6.45, 7) is 0.976. The highest BCUT2D eigenvalue weighted by atomic mass is 32.1. The fourth-order valence-corrected chi connectivity index (χ4v) is 2.59. The molecular formula is C13H13N3O2S. The summed E-state index contributed by atoms with van der Waals surface area (Å²) >= 11 is 4.30. The first-order valence-corrected chi connectivity index (χ1v) is 6.47. The number of carbonyl (C=O) groups excluding carboxylic acids is 1.